The molecule has 0 aromatic heterocycles. The summed E-state index contributed by atoms with van der Waals surface area (Å²) in [4.78, 5) is 0. The van der Waals surface area contributed by atoms with Crippen molar-refractivity contribution < 1.29 is 63.8 Å². The Morgan fingerprint density at radius 3 is 1.12 bits per heavy atom. The van der Waals surface area contributed by atoms with Gasteiger partial charge in [0.05, 0.1) is 0 Å². The Balaban J connectivity index is -0.0000000750. The molecule has 0 aliphatic heterocycles. The summed E-state index contributed by atoms with van der Waals surface area (Å²) in [6.07, 6.45) is 0. The summed E-state index contributed by atoms with van der Waals surface area (Å²) in [5.41, 5.74) is 0. The van der Waals surface area contributed by atoms with E-state index in [4.69, 9.17) is 21.2 Å². The second kappa shape index (κ2) is 8.26. The molecule has 3 N–H and O–H groups in total. The van der Waals surface area contributed by atoms with E-state index in [9.17, 15) is 0 Å². The predicted octanol–water partition coefficient (Wildman–Crippen LogP) is -1.21. The molecule has 0 bridgehead atoms. The molecule has 0 saturated carbocycles. The summed E-state index contributed by atoms with van der Waals surface area (Å²) in [5.74, 6) is 0. The van der Waals surface area contributed by atoms with Crippen molar-refractivity contribution in [3.63, 3.8) is 0 Å². The average molecular weight is 211 g/mol. The fraction of sp³-hybridized carbons (Fsp3) is 0. The van der Waals surface area contributed by atoms with Crippen molar-refractivity contribution in [2.75, 3.05) is 0 Å². The van der Waals surface area contributed by atoms with Gasteiger partial charge >= 0.3 is 34.9 Å². The van der Waals surface area contributed by atoms with Crippen LogP contribution in [0.4, 0.5) is 0 Å². The maximum atomic E-state index is 8.74. The largest absolute Gasteiger partial charge is 0 e. The first-order chi connectivity index (χ1) is 3.00. The van der Waals surface area contributed by atoms with Crippen LogP contribution in [0.5, 0.6) is 0 Å². The molecule has 0 heterocycles. The minimum absolute atomic E-state index is 0. The molecule has 0 atom stereocenters. The molecule has 0 fully saturated rings. The maximum absolute atomic E-state index is 8.74. The number of hydrogen-bond acceptors (Lipinski definition) is 3. The normalized spacial score (nSPS) is 7.75. The first-order valence-corrected chi connectivity index (χ1v) is 3.02. The Morgan fingerprint density at radius 1 is 1.12 bits per heavy atom. The van der Waals surface area contributed by atoms with Gasteiger partial charge in [-0.1, -0.05) is 0 Å². The van der Waals surface area contributed by atoms with Crippen LogP contribution in [0.25, 0.3) is 0 Å². The standard InChI is InChI=1S/H2O4S.H2O.2Ti/c1-5(2,3)4;;;/h(H2,1,2,3,4);1H2;;/q;;;+1/p-1. The van der Waals surface area contributed by atoms with E-state index in [-0.39, 0.29) is 21.7 Å². The monoisotopic (exact) mass is 211 g/mol. The van der Waals surface area contributed by atoms with Crippen molar-refractivity contribution >= 4 is 10.4 Å². The van der Waals surface area contributed by atoms with Crippen LogP contribution in [0.3, 0.4) is 0 Å². The number of rotatable bonds is 0. The second-order valence-electron chi connectivity index (χ2n) is 0.448. The molecular weight excluding hydrogens is 208 g/mol. The van der Waals surface area contributed by atoms with E-state index in [1.165, 1.54) is 0 Å². The SMILES string of the molecule is O=S(=O)(O)O.[OH][Ti].[Ti]. The fourth-order valence-corrected chi connectivity index (χ4v) is 0. The van der Waals surface area contributed by atoms with Crippen molar-refractivity contribution in [2.24, 2.45) is 0 Å². The van der Waals surface area contributed by atoms with Crippen LogP contribution < -0.4 is 0 Å². The van der Waals surface area contributed by atoms with Crippen LogP contribution in [0.15, 0.2) is 0 Å². The van der Waals surface area contributed by atoms with Gasteiger partial charge < -0.3 is 0 Å². The van der Waals surface area contributed by atoms with Gasteiger partial charge in [-0.15, -0.1) is 0 Å². The van der Waals surface area contributed by atoms with Crippen LogP contribution >= 0.6 is 0 Å². The topological polar surface area (TPSA) is 94.8 Å². The smallest absolute Gasteiger partial charge is 0 e. The van der Waals surface area contributed by atoms with Gasteiger partial charge in [-0.2, -0.15) is 8.42 Å². The molecule has 0 unspecified atom stereocenters. The van der Waals surface area contributed by atoms with Crippen molar-refractivity contribution in [3.8, 4) is 0 Å². The van der Waals surface area contributed by atoms with Crippen molar-refractivity contribution in [2.45, 2.75) is 0 Å². The molecular formula is H3O5STi2. The molecule has 0 aliphatic rings. The molecule has 0 rings (SSSR count). The zero-order valence-corrected chi connectivity index (χ0v) is 7.51. The van der Waals surface area contributed by atoms with Crippen LogP contribution in [0.1, 0.15) is 0 Å². The maximum Gasteiger partial charge on any atom is 0 e. The van der Waals surface area contributed by atoms with E-state index in [1.807, 2.05) is 0 Å². The molecule has 0 spiro atoms. The Bertz CT molecular complexity index is 93.6. The average Bonchev–Trinajstić information content (AvgIpc) is 1.36. The van der Waals surface area contributed by atoms with Gasteiger partial charge in [0, 0.05) is 21.7 Å². The number of hydrogen-bond donors (Lipinski definition) is 3. The molecule has 47 valence electrons. The summed E-state index contributed by atoms with van der Waals surface area (Å²) in [7, 11) is -4.67. The van der Waals surface area contributed by atoms with E-state index in [2.05, 4.69) is 0 Å². The van der Waals surface area contributed by atoms with Crippen molar-refractivity contribution in [3.05, 3.63) is 0 Å². The Morgan fingerprint density at radius 2 is 1.12 bits per heavy atom. The summed E-state index contributed by atoms with van der Waals surface area (Å²) < 4.78 is 38.6. The quantitative estimate of drug-likeness (QED) is 0.345. The van der Waals surface area contributed by atoms with Crippen LogP contribution in [-0.4, -0.2) is 21.2 Å². The summed E-state index contributed by atoms with van der Waals surface area (Å²) in [6.45, 7) is 0. The molecule has 5 nitrogen and oxygen atoms in total. The zero-order chi connectivity index (χ0) is 6.50. The van der Waals surface area contributed by atoms with Crippen LogP contribution in [0, 0.1) is 0 Å². The van der Waals surface area contributed by atoms with Gasteiger partial charge in [0.1, 0.15) is 0 Å². The van der Waals surface area contributed by atoms with Crippen LogP contribution in [-0.2, 0) is 52.9 Å². The van der Waals surface area contributed by atoms with Crippen molar-refractivity contribution in [1.29, 1.82) is 0 Å². The van der Waals surface area contributed by atoms with Crippen molar-refractivity contribution in [1.82, 2.24) is 0 Å². The fourth-order valence-electron chi connectivity index (χ4n) is 0. The molecule has 0 aromatic rings. The minimum Gasteiger partial charge on any atom is 0 e. The van der Waals surface area contributed by atoms with Gasteiger partial charge in [-0.25, -0.2) is 0 Å². The van der Waals surface area contributed by atoms with Gasteiger partial charge in [-0.3, -0.25) is 9.11 Å². The molecule has 8 heavy (non-hydrogen) atoms. The molecule has 0 amide bonds. The summed E-state index contributed by atoms with van der Waals surface area (Å²) in [5, 5.41) is 0. The third-order valence-electron chi connectivity index (χ3n) is 0. The molecule has 0 aliphatic carbocycles. The van der Waals surface area contributed by atoms with E-state index in [0.29, 0.717) is 0 Å². The van der Waals surface area contributed by atoms with Crippen LogP contribution in [0.2, 0.25) is 0 Å². The van der Waals surface area contributed by atoms with E-state index in [0.717, 1.165) is 20.8 Å². The van der Waals surface area contributed by atoms with Gasteiger partial charge in [0.15, 0.2) is 0 Å². The van der Waals surface area contributed by atoms with E-state index < -0.39 is 10.4 Å². The van der Waals surface area contributed by atoms with E-state index >= 15 is 0 Å². The Kier molecular flexibility index (Phi) is 16.6. The Hall–Kier alpha value is 1.26. The Labute approximate surface area is 73.8 Å². The molecule has 8 heteroatoms. The summed E-state index contributed by atoms with van der Waals surface area (Å²) in [6, 6.07) is 0. The zero-order valence-electron chi connectivity index (χ0n) is 3.57. The first kappa shape index (κ1) is 16.1. The van der Waals surface area contributed by atoms with Gasteiger partial charge in [0.25, 0.3) is 0 Å². The first-order valence-electron chi connectivity index (χ1n) is 0.922. The van der Waals surface area contributed by atoms with E-state index in [1.54, 1.807) is 0 Å². The molecule has 0 saturated heterocycles. The minimum atomic E-state index is -4.67. The molecule has 0 radical (unpaired) electrons. The third-order valence-corrected chi connectivity index (χ3v) is 0. The van der Waals surface area contributed by atoms with Gasteiger partial charge in [-0.05, 0) is 0 Å². The van der Waals surface area contributed by atoms with Gasteiger partial charge in [0.2, 0.25) is 0 Å². The second-order valence-corrected chi connectivity index (χ2v) is 1.34. The molecule has 0 aromatic carbocycles. The predicted molar refractivity (Wildman–Crippen MR) is 16.4 cm³/mol. The third kappa shape index (κ3) is 179. The summed E-state index contributed by atoms with van der Waals surface area (Å²) >= 11 is 1.00.